The molecule has 3 aromatic heterocycles. The van der Waals surface area contributed by atoms with E-state index in [4.69, 9.17) is 23.2 Å². The Hall–Kier alpha value is -2.69. The molecule has 0 spiro atoms. The molecule has 4 aromatic rings. The van der Waals surface area contributed by atoms with Crippen LogP contribution in [0, 0.1) is 0 Å². The Kier molecular flexibility index (Phi) is 5.88. The highest BCUT2D eigenvalue weighted by Crippen LogP contribution is 2.35. The van der Waals surface area contributed by atoms with E-state index in [1.165, 1.54) is 23.8 Å². The number of rotatable bonds is 4. The van der Waals surface area contributed by atoms with Crippen LogP contribution in [-0.2, 0) is 23.1 Å². The molecular weight excluding hydrogens is 500 g/mol. The number of fused-ring (bicyclic) bond motifs is 1. The summed E-state index contributed by atoms with van der Waals surface area (Å²) in [5.74, 6) is -0.116. The van der Waals surface area contributed by atoms with Crippen molar-refractivity contribution in [1.29, 1.82) is 0 Å². The molecule has 0 fully saturated rings. The van der Waals surface area contributed by atoms with Gasteiger partial charge in [-0.25, -0.2) is 18.4 Å². The van der Waals surface area contributed by atoms with E-state index in [1.807, 2.05) is 0 Å². The molecule has 0 bridgehead atoms. The SMILES string of the molecule is CCS(=O)(=O)c1cc(-c2ccc(Cl)c(Cl)c2)cnc1-c1nc2cc(C(F)(F)F)ncc2n1C. The third-order valence-electron chi connectivity index (χ3n) is 5.09. The summed E-state index contributed by atoms with van der Waals surface area (Å²) in [6, 6.07) is 7.10. The van der Waals surface area contributed by atoms with Gasteiger partial charge in [0.05, 0.1) is 37.9 Å². The molecule has 0 amide bonds. The number of halogens is 5. The average Bonchev–Trinajstić information content (AvgIpc) is 3.10. The first-order valence-electron chi connectivity index (χ1n) is 9.50. The highest BCUT2D eigenvalue weighted by atomic mass is 35.5. The molecule has 0 saturated heterocycles. The number of alkyl halides is 3. The third kappa shape index (κ3) is 4.30. The summed E-state index contributed by atoms with van der Waals surface area (Å²) in [7, 11) is -2.23. The maximum Gasteiger partial charge on any atom is 0.433 e. The fourth-order valence-corrected chi connectivity index (χ4v) is 4.65. The van der Waals surface area contributed by atoms with E-state index in [0.717, 1.165) is 12.3 Å². The van der Waals surface area contributed by atoms with Gasteiger partial charge in [0.1, 0.15) is 11.4 Å². The van der Waals surface area contributed by atoms with Gasteiger partial charge < -0.3 is 4.57 Å². The third-order valence-corrected chi connectivity index (χ3v) is 7.57. The first-order valence-corrected chi connectivity index (χ1v) is 11.9. The highest BCUT2D eigenvalue weighted by Gasteiger charge is 2.33. The van der Waals surface area contributed by atoms with Crippen LogP contribution in [0.4, 0.5) is 13.2 Å². The molecule has 4 rings (SSSR count). The number of benzene rings is 1. The Bertz CT molecular complexity index is 1500. The molecule has 1 aromatic carbocycles. The second kappa shape index (κ2) is 8.27. The number of sulfone groups is 1. The number of nitrogens with zero attached hydrogens (tertiary/aromatic N) is 4. The van der Waals surface area contributed by atoms with Gasteiger partial charge in [0.25, 0.3) is 0 Å². The van der Waals surface area contributed by atoms with Gasteiger partial charge in [-0.05, 0) is 29.8 Å². The first-order chi connectivity index (χ1) is 15.4. The predicted octanol–water partition coefficient (Wildman–Crippen LogP) is 5.82. The molecule has 3 heterocycles. The van der Waals surface area contributed by atoms with Crippen LogP contribution < -0.4 is 0 Å². The molecule has 33 heavy (non-hydrogen) atoms. The fourth-order valence-electron chi connectivity index (χ4n) is 3.29. The van der Waals surface area contributed by atoms with Crippen molar-refractivity contribution in [3.63, 3.8) is 0 Å². The standard InChI is InChI=1S/C21H15Cl2F3N4O2S/c1-3-33(31,32)17-7-12(11-4-5-13(22)14(23)6-11)9-28-19(17)20-29-15-8-18(21(24,25)26)27-10-16(15)30(20)2/h4-10H,3H2,1-2H3. The predicted molar refractivity (Wildman–Crippen MR) is 120 cm³/mol. The van der Waals surface area contributed by atoms with E-state index >= 15 is 0 Å². The molecular formula is C21H15Cl2F3N4O2S. The van der Waals surface area contributed by atoms with Gasteiger partial charge in [-0.2, -0.15) is 13.2 Å². The maximum atomic E-state index is 13.1. The zero-order chi connectivity index (χ0) is 24.1. The van der Waals surface area contributed by atoms with Gasteiger partial charge in [0.2, 0.25) is 0 Å². The number of aryl methyl sites for hydroxylation is 1. The Labute approximate surface area is 196 Å². The zero-order valence-electron chi connectivity index (χ0n) is 17.2. The van der Waals surface area contributed by atoms with Crippen molar-refractivity contribution < 1.29 is 21.6 Å². The van der Waals surface area contributed by atoms with Gasteiger partial charge in [0, 0.05) is 18.8 Å². The minimum absolute atomic E-state index is 0.0185. The Morgan fingerprint density at radius 3 is 2.36 bits per heavy atom. The first kappa shape index (κ1) is 23.5. The van der Waals surface area contributed by atoms with E-state index in [1.54, 1.807) is 25.2 Å². The van der Waals surface area contributed by atoms with Crippen molar-refractivity contribution in [3.05, 3.63) is 58.5 Å². The lowest BCUT2D eigenvalue weighted by molar-refractivity contribution is -0.141. The van der Waals surface area contributed by atoms with Crippen LogP contribution in [0.5, 0.6) is 0 Å². The van der Waals surface area contributed by atoms with Crippen molar-refractivity contribution in [2.75, 3.05) is 5.75 Å². The average molecular weight is 515 g/mol. The summed E-state index contributed by atoms with van der Waals surface area (Å²) in [4.78, 5) is 11.9. The number of imidazole rings is 1. The second-order valence-electron chi connectivity index (χ2n) is 7.15. The monoisotopic (exact) mass is 514 g/mol. The second-order valence-corrected chi connectivity index (χ2v) is 10.2. The number of hydrogen-bond donors (Lipinski definition) is 0. The van der Waals surface area contributed by atoms with Crippen LogP contribution in [0.2, 0.25) is 10.0 Å². The Morgan fingerprint density at radius 1 is 1.00 bits per heavy atom. The molecule has 0 aliphatic heterocycles. The lowest BCUT2D eigenvalue weighted by Gasteiger charge is -2.12. The molecule has 12 heteroatoms. The van der Waals surface area contributed by atoms with Crippen LogP contribution in [0.3, 0.4) is 0 Å². The summed E-state index contributed by atoms with van der Waals surface area (Å²) in [5, 5.41) is 0.638. The zero-order valence-corrected chi connectivity index (χ0v) is 19.5. The largest absolute Gasteiger partial charge is 0.433 e. The molecule has 0 unspecified atom stereocenters. The highest BCUT2D eigenvalue weighted by molar-refractivity contribution is 7.91. The minimum atomic E-state index is -4.64. The van der Waals surface area contributed by atoms with Gasteiger partial charge >= 0.3 is 6.18 Å². The lowest BCUT2D eigenvalue weighted by atomic mass is 10.1. The Balaban J connectivity index is 1.94. The van der Waals surface area contributed by atoms with Gasteiger partial charge in [-0.15, -0.1) is 0 Å². The van der Waals surface area contributed by atoms with Crippen molar-refractivity contribution in [1.82, 2.24) is 19.5 Å². The summed E-state index contributed by atoms with van der Waals surface area (Å²) >= 11 is 12.1. The van der Waals surface area contributed by atoms with Gasteiger partial charge in [0.15, 0.2) is 15.7 Å². The molecule has 172 valence electrons. The van der Waals surface area contributed by atoms with Crippen molar-refractivity contribution in [2.45, 2.75) is 18.0 Å². The molecule has 0 N–H and O–H groups in total. The van der Waals surface area contributed by atoms with Crippen molar-refractivity contribution in [2.24, 2.45) is 7.05 Å². The van der Waals surface area contributed by atoms with E-state index in [9.17, 15) is 21.6 Å². The smallest absolute Gasteiger partial charge is 0.324 e. The van der Waals surface area contributed by atoms with E-state index in [-0.39, 0.29) is 27.7 Å². The van der Waals surface area contributed by atoms with Crippen molar-refractivity contribution >= 4 is 44.1 Å². The molecule has 6 nitrogen and oxygen atoms in total. The Morgan fingerprint density at radius 2 is 1.73 bits per heavy atom. The summed E-state index contributed by atoms with van der Waals surface area (Å²) in [5.41, 5.74) is 0.319. The summed E-state index contributed by atoms with van der Waals surface area (Å²) in [6.45, 7) is 1.49. The molecule has 0 saturated carbocycles. The molecule has 0 atom stereocenters. The fraction of sp³-hybridized carbons (Fsp3) is 0.190. The topological polar surface area (TPSA) is 77.7 Å². The number of hydrogen-bond acceptors (Lipinski definition) is 5. The van der Waals surface area contributed by atoms with E-state index < -0.39 is 21.7 Å². The summed E-state index contributed by atoms with van der Waals surface area (Å²) < 4.78 is 66.5. The maximum absolute atomic E-state index is 13.1. The van der Waals surface area contributed by atoms with Crippen LogP contribution in [0.25, 0.3) is 33.7 Å². The molecule has 0 aliphatic rings. The minimum Gasteiger partial charge on any atom is -0.324 e. The van der Waals surface area contributed by atoms with Gasteiger partial charge in [-0.3, -0.25) is 4.98 Å². The normalized spacial score (nSPS) is 12.5. The van der Waals surface area contributed by atoms with Crippen LogP contribution >= 0.6 is 23.2 Å². The van der Waals surface area contributed by atoms with Crippen LogP contribution in [-0.4, -0.2) is 33.7 Å². The van der Waals surface area contributed by atoms with Crippen LogP contribution in [0.15, 0.2) is 47.6 Å². The van der Waals surface area contributed by atoms with E-state index in [2.05, 4.69) is 15.0 Å². The van der Waals surface area contributed by atoms with E-state index in [0.29, 0.717) is 26.7 Å². The summed E-state index contributed by atoms with van der Waals surface area (Å²) in [6.07, 6.45) is -2.14. The quantitative estimate of drug-likeness (QED) is 0.343. The van der Waals surface area contributed by atoms with Crippen LogP contribution in [0.1, 0.15) is 12.6 Å². The number of pyridine rings is 2. The van der Waals surface area contributed by atoms with Gasteiger partial charge in [-0.1, -0.05) is 36.2 Å². The van der Waals surface area contributed by atoms with Crippen molar-refractivity contribution in [3.8, 4) is 22.6 Å². The number of aromatic nitrogens is 4. The molecule has 0 radical (unpaired) electrons. The molecule has 0 aliphatic carbocycles. The lowest BCUT2D eigenvalue weighted by Crippen LogP contribution is -2.09.